The van der Waals surface area contributed by atoms with E-state index in [1.807, 2.05) is 6.07 Å². The van der Waals surface area contributed by atoms with Crippen molar-refractivity contribution in [2.75, 3.05) is 19.5 Å². The second-order valence-corrected chi connectivity index (χ2v) is 7.98. The van der Waals surface area contributed by atoms with Gasteiger partial charge >= 0.3 is 7.60 Å². The first kappa shape index (κ1) is 20.4. The molecule has 10 heteroatoms. The Morgan fingerprint density at radius 2 is 1.74 bits per heavy atom. The van der Waals surface area contributed by atoms with Crippen LogP contribution >= 0.6 is 7.60 Å². The van der Waals surface area contributed by atoms with Gasteiger partial charge in [0.05, 0.1) is 16.6 Å². The van der Waals surface area contributed by atoms with Crippen LogP contribution in [0.25, 0.3) is 0 Å². The maximum atomic E-state index is 12.4. The fraction of sp³-hybridized carbons (Fsp3) is 0.235. The quantitative estimate of drug-likeness (QED) is 0.396. The largest absolute Gasteiger partial charge is 0.457 e. The van der Waals surface area contributed by atoms with Crippen molar-refractivity contribution in [3.63, 3.8) is 0 Å². The normalized spacial score (nSPS) is 12.1. The topological polar surface area (TPSA) is 124 Å². The Kier molecular flexibility index (Phi) is 6.53. The molecule has 0 fully saturated rings. The number of benzene rings is 2. The van der Waals surface area contributed by atoms with E-state index < -0.39 is 18.3 Å². The molecule has 0 amide bonds. The number of anilines is 1. The van der Waals surface area contributed by atoms with Gasteiger partial charge in [0.1, 0.15) is 23.0 Å². The highest BCUT2D eigenvalue weighted by Gasteiger charge is 2.31. The average molecular weight is 391 g/mol. The lowest BCUT2D eigenvalue weighted by atomic mass is 10.2. The van der Waals surface area contributed by atoms with Crippen molar-refractivity contribution in [3.8, 4) is 17.6 Å². The number of nitriles is 1. The molecule has 2 aromatic rings. The molecule has 0 radical (unpaired) electrons. The standard InChI is InChI=1S/C17H18N3O6P/c1-12(27(23,24-2)25-3)19-16-10-15(8-9-17(16)20(21)22)26-14-6-4-13(11-18)5-7-14/h4-10,12,19H,1-3H3. The van der Waals surface area contributed by atoms with Gasteiger partial charge in [-0.25, -0.2) is 0 Å². The number of nitrogens with zero attached hydrogens (tertiary/aromatic N) is 2. The fourth-order valence-electron chi connectivity index (χ4n) is 2.28. The highest BCUT2D eigenvalue weighted by atomic mass is 31.2. The van der Waals surface area contributed by atoms with Crippen LogP contribution in [-0.4, -0.2) is 24.9 Å². The second kappa shape index (κ2) is 8.64. The number of hydrogen-bond donors (Lipinski definition) is 1. The summed E-state index contributed by atoms with van der Waals surface area (Å²) < 4.78 is 27.9. The lowest BCUT2D eigenvalue weighted by Crippen LogP contribution is -2.18. The molecule has 0 aliphatic rings. The average Bonchev–Trinajstić information content (AvgIpc) is 2.67. The minimum absolute atomic E-state index is 0.105. The molecule has 0 aromatic heterocycles. The first-order chi connectivity index (χ1) is 12.8. The van der Waals surface area contributed by atoms with Crippen LogP contribution in [0, 0.1) is 21.4 Å². The van der Waals surface area contributed by atoms with Gasteiger partial charge in [-0.2, -0.15) is 5.26 Å². The van der Waals surface area contributed by atoms with Crippen LogP contribution in [0.5, 0.6) is 11.5 Å². The molecular formula is C17H18N3O6P. The van der Waals surface area contributed by atoms with Crippen molar-refractivity contribution >= 4 is 19.0 Å². The van der Waals surface area contributed by atoms with Gasteiger partial charge in [-0.05, 0) is 37.3 Å². The molecule has 0 saturated heterocycles. The van der Waals surface area contributed by atoms with Crippen LogP contribution in [0.15, 0.2) is 42.5 Å². The van der Waals surface area contributed by atoms with E-state index in [4.69, 9.17) is 19.0 Å². The van der Waals surface area contributed by atoms with E-state index in [2.05, 4.69) is 5.32 Å². The zero-order valence-corrected chi connectivity index (χ0v) is 15.8. The third kappa shape index (κ3) is 4.83. The molecule has 2 aromatic carbocycles. The summed E-state index contributed by atoms with van der Waals surface area (Å²) in [6.45, 7) is 1.53. The van der Waals surface area contributed by atoms with Gasteiger partial charge in [-0.1, -0.05) is 0 Å². The molecule has 0 bridgehead atoms. The van der Waals surface area contributed by atoms with Crippen molar-refractivity contribution in [3.05, 3.63) is 58.1 Å². The molecule has 1 N–H and O–H groups in total. The Balaban J connectivity index is 2.31. The first-order valence-corrected chi connectivity index (χ1v) is 9.38. The Bertz CT molecular complexity index is 902. The van der Waals surface area contributed by atoms with E-state index in [-0.39, 0.29) is 11.4 Å². The molecule has 0 aliphatic carbocycles. The molecule has 142 valence electrons. The van der Waals surface area contributed by atoms with Crippen molar-refractivity contribution in [1.82, 2.24) is 0 Å². The van der Waals surface area contributed by atoms with Gasteiger partial charge in [0.2, 0.25) is 0 Å². The third-order valence-corrected chi connectivity index (χ3v) is 5.83. The number of nitrogens with one attached hydrogen (secondary N) is 1. The Morgan fingerprint density at radius 3 is 2.26 bits per heavy atom. The molecule has 2 rings (SSSR count). The maximum absolute atomic E-state index is 12.4. The van der Waals surface area contributed by atoms with Crippen LogP contribution in [0.4, 0.5) is 11.4 Å². The Morgan fingerprint density at radius 1 is 1.15 bits per heavy atom. The molecule has 9 nitrogen and oxygen atoms in total. The predicted octanol–water partition coefficient (Wildman–Crippen LogP) is 4.50. The van der Waals surface area contributed by atoms with Gasteiger partial charge in [0, 0.05) is 26.4 Å². The van der Waals surface area contributed by atoms with Crippen molar-refractivity contribution in [2.24, 2.45) is 0 Å². The van der Waals surface area contributed by atoms with Crippen LogP contribution < -0.4 is 10.1 Å². The summed E-state index contributed by atoms with van der Waals surface area (Å²) in [4.78, 5) is 10.7. The molecule has 27 heavy (non-hydrogen) atoms. The van der Waals surface area contributed by atoms with E-state index in [0.717, 1.165) is 0 Å². The summed E-state index contributed by atoms with van der Waals surface area (Å²) >= 11 is 0. The Hall–Kier alpha value is -2.92. The molecule has 0 saturated carbocycles. The lowest BCUT2D eigenvalue weighted by Gasteiger charge is -2.22. The fourth-order valence-corrected chi connectivity index (χ4v) is 3.36. The molecule has 0 spiro atoms. The van der Waals surface area contributed by atoms with Crippen molar-refractivity contribution < 1.29 is 23.3 Å². The van der Waals surface area contributed by atoms with Gasteiger partial charge in [-0.15, -0.1) is 0 Å². The highest BCUT2D eigenvalue weighted by Crippen LogP contribution is 2.52. The monoisotopic (exact) mass is 391 g/mol. The summed E-state index contributed by atoms with van der Waals surface area (Å²) in [5.74, 6) is -0.0534. The number of nitro groups is 1. The van der Waals surface area contributed by atoms with E-state index in [1.54, 1.807) is 24.3 Å². The molecular weight excluding hydrogens is 373 g/mol. The van der Waals surface area contributed by atoms with Gasteiger partial charge < -0.3 is 19.1 Å². The molecule has 1 unspecified atom stereocenters. The number of ether oxygens (including phenoxy) is 1. The molecule has 1 atom stereocenters. The maximum Gasteiger partial charge on any atom is 0.351 e. The number of hydrogen-bond acceptors (Lipinski definition) is 8. The van der Waals surface area contributed by atoms with E-state index in [1.165, 1.54) is 39.3 Å². The minimum atomic E-state index is -3.48. The van der Waals surface area contributed by atoms with Crippen molar-refractivity contribution in [1.29, 1.82) is 5.26 Å². The van der Waals surface area contributed by atoms with Crippen LogP contribution in [0.2, 0.25) is 0 Å². The second-order valence-electron chi connectivity index (χ2n) is 5.40. The molecule has 0 heterocycles. The van der Waals surface area contributed by atoms with E-state index in [0.29, 0.717) is 17.1 Å². The Labute approximate surface area is 156 Å². The van der Waals surface area contributed by atoms with Gasteiger partial charge in [0.25, 0.3) is 5.69 Å². The summed E-state index contributed by atoms with van der Waals surface area (Å²) in [5, 5.41) is 22.9. The molecule has 0 aliphatic heterocycles. The third-order valence-electron chi connectivity index (χ3n) is 3.73. The van der Waals surface area contributed by atoms with Crippen LogP contribution in [0.1, 0.15) is 12.5 Å². The van der Waals surface area contributed by atoms with E-state index >= 15 is 0 Å². The summed E-state index contributed by atoms with van der Waals surface area (Å²) in [7, 11) is -1.01. The number of rotatable bonds is 8. The van der Waals surface area contributed by atoms with Gasteiger partial charge in [-0.3, -0.25) is 14.7 Å². The smallest absolute Gasteiger partial charge is 0.351 e. The zero-order chi connectivity index (χ0) is 20.0. The lowest BCUT2D eigenvalue weighted by molar-refractivity contribution is -0.384. The predicted molar refractivity (Wildman–Crippen MR) is 99.0 cm³/mol. The summed E-state index contributed by atoms with van der Waals surface area (Å²) in [6, 6.07) is 12.5. The zero-order valence-electron chi connectivity index (χ0n) is 14.9. The van der Waals surface area contributed by atoms with Crippen LogP contribution in [-0.2, 0) is 13.6 Å². The SMILES string of the molecule is COP(=O)(OC)C(C)Nc1cc(Oc2ccc(C#N)cc2)ccc1[N+](=O)[O-]. The highest BCUT2D eigenvalue weighted by molar-refractivity contribution is 7.54. The summed E-state index contributed by atoms with van der Waals surface area (Å²) in [5.41, 5.74) is 0.373. The number of nitro benzene ring substituents is 1. The van der Waals surface area contributed by atoms with E-state index in [9.17, 15) is 14.7 Å². The summed E-state index contributed by atoms with van der Waals surface area (Å²) in [6.07, 6.45) is 0. The van der Waals surface area contributed by atoms with Crippen molar-refractivity contribution in [2.45, 2.75) is 12.7 Å². The first-order valence-electron chi connectivity index (χ1n) is 7.77. The van der Waals surface area contributed by atoms with Gasteiger partial charge in [0.15, 0.2) is 0 Å². The minimum Gasteiger partial charge on any atom is -0.457 e. The van der Waals surface area contributed by atoms with Crippen LogP contribution in [0.3, 0.4) is 0 Å².